The Bertz CT molecular complexity index is 1200. The van der Waals surface area contributed by atoms with E-state index in [9.17, 15) is 4.79 Å². The van der Waals surface area contributed by atoms with E-state index in [4.69, 9.17) is 4.98 Å². The lowest BCUT2D eigenvalue weighted by Crippen LogP contribution is -2.38. The van der Waals surface area contributed by atoms with Crippen molar-refractivity contribution in [3.05, 3.63) is 47.0 Å². The number of fused-ring (bicyclic) bond motifs is 2. The summed E-state index contributed by atoms with van der Waals surface area (Å²) in [5.74, 6) is 0.145. The molecular formula is C22H22N4OS2. The maximum atomic E-state index is 12.8. The molecule has 1 aliphatic heterocycles. The fourth-order valence-electron chi connectivity index (χ4n) is 3.85. The van der Waals surface area contributed by atoms with E-state index in [-0.39, 0.29) is 11.8 Å². The minimum atomic E-state index is 0.0377. The van der Waals surface area contributed by atoms with Crippen LogP contribution in [0.3, 0.4) is 0 Å². The van der Waals surface area contributed by atoms with Gasteiger partial charge < -0.3 is 10.2 Å². The molecule has 2 aromatic heterocycles. The Labute approximate surface area is 177 Å². The van der Waals surface area contributed by atoms with E-state index in [1.54, 1.807) is 22.7 Å². The van der Waals surface area contributed by atoms with Crippen LogP contribution in [0.25, 0.3) is 20.4 Å². The lowest BCUT2D eigenvalue weighted by atomic mass is 9.96. The number of aryl methyl sites for hydroxylation is 2. The Morgan fingerprint density at radius 3 is 2.66 bits per heavy atom. The number of nitrogens with zero attached hydrogens (tertiary/aromatic N) is 3. The molecule has 29 heavy (non-hydrogen) atoms. The van der Waals surface area contributed by atoms with Crippen molar-refractivity contribution in [1.29, 1.82) is 0 Å². The number of carbonyl (C=O) groups is 1. The van der Waals surface area contributed by atoms with E-state index in [2.05, 4.69) is 40.3 Å². The second kappa shape index (κ2) is 7.39. The average Bonchev–Trinajstić information content (AvgIpc) is 3.29. The number of benzene rings is 2. The molecule has 7 heteroatoms. The Morgan fingerprint density at radius 2 is 1.83 bits per heavy atom. The normalized spacial score (nSPS) is 15.3. The predicted octanol–water partition coefficient (Wildman–Crippen LogP) is 5.38. The molecule has 1 aliphatic rings. The minimum Gasteiger partial charge on any atom is -0.348 e. The van der Waals surface area contributed by atoms with E-state index in [1.165, 1.54) is 10.3 Å². The van der Waals surface area contributed by atoms with Crippen molar-refractivity contribution >= 4 is 59.8 Å². The Kier molecular flexibility index (Phi) is 4.72. The van der Waals surface area contributed by atoms with Crippen LogP contribution in [0.15, 0.2) is 36.4 Å². The molecule has 0 bridgehead atoms. The van der Waals surface area contributed by atoms with Crippen molar-refractivity contribution in [2.75, 3.05) is 23.3 Å². The molecule has 0 atom stereocenters. The Morgan fingerprint density at radius 1 is 1.00 bits per heavy atom. The van der Waals surface area contributed by atoms with Crippen LogP contribution in [0.1, 0.15) is 23.4 Å². The van der Waals surface area contributed by atoms with E-state index < -0.39 is 0 Å². The lowest BCUT2D eigenvalue weighted by Gasteiger charge is -2.31. The van der Waals surface area contributed by atoms with Gasteiger partial charge in [0.1, 0.15) is 0 Å². The van der Waals surface area contributed by atoms with Gasteiger partial charge in [0.05, 0.1) is 25.4 Å². The molecule has 4 aromatic rings. The quantitative estimate of drug-likeness (QED) is 0.482. The SMILES string of the molecule is Cc1ccc2nc(N3CCC(C(=O)Nc4ccc5sc(C)nc5c4)CC3)sc2c1. The molecule has 5 rings (SSSR count). The fourth-order valence-corrected chi connectivity index (χ4v) is 5.78. The maximum absolute atomic E-state index is 12.8. The number of aromatic nitrogens is 2. The van der Waals surface area contributed by atoms with Crippen LogP contribution in [0, 0.1) is 19.8 Å². The molecule has 0 spiro atoms. The predicted molar refractivity (Wildman–Crippen MR) is 122 cm³/mol. The molecule has 1 fully saturated rings. The zero-order valence-electron chi connectivity index (χ0n) is 16.4. The van der Waals surface area contributed by atoms with Crippen molar-refractivity contribution in [3.63, 3.8) is 0 Å². The number of thiazole rings is 2. The van der Waals surface area contributed by atoms with Gasteiger partial charge in [-0.25, -0.2) is 9.97 Å². The highest BCUT2D eigenvalue weighted by molar-refractivity contribution is 7.22. The van der Waals surface area contributed by atoms with E-state index >= 15 is 0 Å². The molecule has 148 valence electrons. The molecule has 1 saturated heterocycles. The molecule has 3 heterocycles. The van der Waals surface area contributed by atoms with Gasteiger partial charge in [-0.3, -0.25) is 4.79 Å². The highest BCUT2D eigenvalue weighted by Crippen LogP contribution is 2.32. The third-order valence-electron chi connectivity index (χ3n) is 5.43. The topological polar surface area (TPSA) is 58.1 Å². The first-order valence-electron chi connectivity index (χ1n) is 9.85. The van der Waals surface area contributed by atoms with Gasteiger partial charge in [0.2, 0.25) is 5.91 Å². The van der Waals surface area contributed by atoms with Crippen molar-refractivity contribution < 1.29 is 4.79 Å². The molecule has 0 saturated carbocycles. The van der Waals surface area contributed by atoms with Crippen molar-refractivity contribution in [2.24, 2.45) is 5.92 Å². The van der Waals surface area contributed by atoms with Crippen LogP contribution < -0.4 is 10.2 Å². The number of rotatable bonds is 3. The van der Waals surface area contributed by atoms with Crippen LogP contribution in [0.4, 0.5) is 10.8 Å². The summed E-state index contributed by atoms with van der Waals surface area (Å²) in [7, 11) is 0. The van der Waals surface area contributed by atoms with Gasteiger partial charge in [-0.05, 0) is 62.6 Å². The summed E-state index contributed by atoms with van der Waals surface area (Å²) in [4.78, 5) is 24.4. The van der Waals surface area contributed by atoms with Gasteiger partial charge in [0.15, 0.2) is 5.13 Å². The summed E-state index contributed by atoms with van der Waals surface area (Å²) in [6.07, 6.45) is 1.69. The van der Waals surface area contributed by atoms with Gasteiger partial charge in [-0.15, -0.1) is 11.3 Å². The van der Waals surface area contributed by atoms with Gasteiger partial charge in [-0.2, -0.15) is 0 Å². The largest absolute Gasteiger partial charge is 0.348 e. The molecule has 0 unspecified atom stereocenters. The number of piperidine rings is 1. The highest BCUT2D eigenvalue weighted by Gasteiger charge is 2.26. The van der Waals surface area contributed by atoms with Crippen LogP contribution in [0.5, 0.6) is 0 Å². The smallest absolute Gasteiger partial charge is 0.227 e. The molecule has 0 aliphatic carbocycles. The van der Waals surface area contributed by atoms with Gasteiger partial charge in [0.25, 0.3) is 0 Å². The molecule has 5 nitrogen and oxygen atoms in total. The Hall–Kier alpha value is -2.51. The first kappa shape index (κ1) is 18.5. The number of anilines is 2. The highest BCUT2D eigenvalue weighted by atomic mass is 32.1. The zero-order valence-corrected chi connectivity index (χ0v) is 18.1. The number of hydrogen-bond acceptors (Lipinski definition) is 6. The van der Waals surface area contributed by atoms with E-state index in [0.717, 1.165) is 57.5 Å². The summed E-state index contributed by atoms with van der Waals surface area (Å²) in [5, 5.41) is 5.20. The summed E-state index contributed by atoms with van der Waals surface area (Å²) in [6.45, 7) is 5.84. The minimum absolute atomic E-state index is 0.0377. The van der Waals surface area contributed by atoms with Crippen molar-refractivity contribution in [1.82, 2.24) is 9.97 Å². The van der Waals surface area contributed by atoms with Crippen LogP contribution in [-0.4, -0.2) is 29.0 Å². The second-order valence-electron chi connectivity index (χ2n) is 7.63. The summed E-state index contributed by atoms with van der Waals surface area (Å²) >= 11 is 3.42. The first-order valence-corrected chi connectivity index (χ1v) is 11.5. The number of hydrogen-bond donors (Lipinski definition) is 1. The second-order valence-corrected chi connectivity index (χ2v) is 9.88. The lowest BCUT2D eigenvalue weighted by molar-refractivity contribution is -0.120. The van der Waals surface area contributed by atoms with Crippen LogP contribution in [-0.2, 0) is 4.79 Å². The first-order chi connectivity index (χ1) is 14.0. The molecule has 1 amide bonds. The number of nitrogens with one attached hydrogen (secondary N) is 1. The van der Waals surface area contributed by atoms with Gasteiger partial charge >= 0.3 is 0 Å². The van der Waals surface area contributed by atoms with Gasteiger partial charge in [-0.1, -0.05) is 17.4 Å². The molecule has 0 radical (unpaired) electrons. The monoisotopic (exact) mass is 422 g/mol. The van der Waals surface area contributed by atoms with Crippen LogP contribution in [0.2, 0.25) is 0 Å². The summed E-state index contributed by atoms with van der Waals surface area (Å²) in [5.41, 5.74) is 4.10. The molecule has 1 N–H and O–H groups in total. The standard InChI is InChI=1S/C22H22N4OS2/c1-13-3-5-17-20(11-13)29-22(25-17)26-9-7-15(8-10-26)21(27)24-16-4-6-19-18(12-16)23-14(2)28-19/h3-6,11-12,15H,7-10H2,1-2H3,(H,24,27). The third kappa shape index (κ3) is 3.72. The van der Waals surface area contributed by atoms with Crippen molar-refractivity contribution in [3.8, 4) is 0 Å². The molecular weight excluding hydrogens is 400 g/mol. The average molecular weight is 423 g/mol. The Balaban J connectivity index is 1.23. The van der Waals surface area contributed by atoms with E-state index in [0.29, 0.717) is 0 Å². The maximum Gasteiger partial charge on any atom is 0.227 e. The van der Waals surface area contributed by atoms with E-state index in [1.807, 2.05) is 25.1 Å². The van der Waals surface area contributed by atoms with Crippen LogP contribution >= 0.6 is 22.7 Å². The summed E-state index contributed by atoms with van der Waals surface area (Å²) < 4.78 is 2.38. The van der Waals surface area contributed by atoms with Gasteiger partial charge in [0, 0.05) is 24.7 Å². The zero-order chi connectivity index (χ0) is 20.0. The third-order valence-corrected chi connectivity index (χ3v) is 7.46. The van der Waals surface area contributed by atoms with Crippen molar-refractivity contribution in [2.45, 2.75) is 26.7 Å². The summed E-state index contributed by atoms with van der Waals surface area (Å²) in [6, 6.07) is 12.4. The fraction of sp³-hybridized carbons (Fsp3) is 0.318. The number of amides is 1. The molecule has 2 aromatic carbocycles. The number of carbonyl (C=O) groups excluding carboxylic acids is 1.